The Labute approximate surface area is 98.1 Å². The van der Waals surface area contributed by atoms with Gasteiger partial charge in [0, 0.05) is 6.20 Å². The lowest BCUT2D eigenvalue weighted by molar-refractivity contribution is 0.356. The number of aromatic nitrogens is 2. The van der Waals surface area contributed by atoms with Crippen molar-refractivity contribution >= 4 is 11.3 Å². The number of hydrogen-bond acceptors (Lipinski definition) is 4. The summed E-state index contributed by atoms with van der Waals surface area (Å²) in [7, 11) is 0. The van der Waals surface area contributed by atoms with E-state index in [9.17, 15) is 0 Å². The van der Waals surface area contributed by atoms with Crippen LogP contribution in [-0.2, 0) is 0 Å². The number of thiazole rings is 1. The quantitative estimate of drug-likeness (QED) is 0.760. The summed E-state index contributed by atoms with van der Waals surface area (Å²) >= 11 is 1.55. The molecule has 16 heavy (non-hydrogen) atoms. The summed E-state index contributed by atoms with van der Waals surface area (Å²) in [4.78, 5) is 9.60. The number of rotatable bonds is 3. The van der Waals surface area contributed by atoms with Crippen molar-refractivity contribution in [3.63, 3.8) is 0 Å². The molecule has 0 aliphatic rings. The van der Waals surface area contributed by atoms with Gasteiger partial charge in [-0.05, 0) is 19.1 Å². The monoisotopic (exact) mass is 230 g/mol. The van der Waals surface area contributed by atoms with E-state index in [0.717, 1.165) is 15.6 Å². The average molecular weight is 230 g/mol. The molecular weight excluding hydrogens is 220 g/mol. The van der Waals surface area contributed by atoms with Crippen molar-refractivity contribution in [2.45, 2.75) is 6.92 Å². The van der Waals surface area contributed by atoms with Crippen LogP contribution in [0.4, 0.5) is 0 Å². The van der Waals surface area contributed by atoms with Gasteiger partial charge in [0.2, 0.25) is 5.88 Å². The molecule has 0 saturated heterocycles. The van der Waals surface area contributed by atoms with Crippen LogP contribution in [0.5, 0.6) is 5.88 Å². The largest absolute Gasteiger partial charge is 0.464 e. The molecule has 0 aromatic carbocycles. The van der Waals surface area contributed by atoms with E-state index in [4.69, 9.17) is 11.2 Å². The van der Waals surface area contributed by atoms with Gasteiger partial charge in [-0.1, -0.05) is 12.0 Å². The normalized spacial score (nSPS) is 9.75. The Bertz CT molecular complexity index is 514. The molecule has 0 fully saturated rings. The molecule has 3 nitrogen and oxygen atoms in total. The Morgan fingerprint density at radius 1 is 1.50 bits per heavy atom. The minimum atomic E-state index is 0.242. The first-order chi connectivity index (χ1) is 7.81. The van der Waals surface area contributed by atoms with Gasteiger partial charge in [0.05, 0.1) is 10.6 Å². The molecule has 0 saturated carbocycles. The molecule has 0 amide bonds. The molecule has 0 spiro atoms. The first-order valence-corrected chi connectivity index (χ1v) is 5.58. The van der Waals surface area contributed by atoms with Crippen molar-refractivity contribution in [3.8, 4) is 28.9 Å². The van der Waals surface area contributed by atoms with E-state index in [2.05, 4.69) is 15.9 Å². The number of hydrogen-bond donors (Lipinski definition) is 0. The highest BCUT2D eigenvalue weighted by atomic mass is 32.1. The minimum Gasteiger partial charge on any atom is -0.464 e. The van der Waals surface area contributed by atoms with Crippen molar-refractivity contribution in [1.82, 2.24) is 9.97 Å². The van der Waals surface area contributed by atoms with Gasteiger partial charge in [-0.3, -0.25) is 4.98 Å². The summed E-state index contributed by atoms with van der Waals surface area (Å²) in [5, 5.41) is 0.852. The summed E-state index contributed by atoms with van der Waals surface area (Å²) in [6.07, 6.45) is 6.88. The Balaban J connectivity index is 2.28. The maximum Gasteiger partial charge on any atom is 0.229 e. The lowest BCUT2D eigenvalue weighted by Gasteiger charge is -1.96. The third-order valence-electron chi connectivity index (χ3n) is 1.93. The van der Waals surface area contributed by atoms with E-state index in [-0.39, 0.29) is 6.61 Å². The van der Waals surface area contributed by atoms with Gasteiger partial charge in [0.25, 0.3) is 0 Å². The van der Waals surface area contributed by atoms with Crippen molar-refractivity contribution in [3.05, 3.63) is 29.3 Å². The molecule has 2 rings (SSSR count). The van der Waals surface area contributed by atoms with Crippen LogP contribution in [0.2, 0.25) is 0 Å². The summed E-state index contributed by atoms with van der Waals surface area (Å²) in [5.41, 5.74) is 0.853. The van der Waals surface area contributed by atoms with E-state index >= 15 is 0 Å². The molecule has 0 unspecified atom stereocenters. The van der Waals surface area contributed by atoms with Crippen molar-refractivity contribution < 1.29 is 4.74 Å². The minimum absolute atomic E-state index is 0.242. The SMILES string of the molecule is C#CCOc1nc(-c2ccccn2)sc1C. The summed E-state index contributed by atoms with van der Waals surface area (Å²) in [6, 6.07) is 5.73. The molecule has 2 aromatic heterocycles. The fraction of sp³-hybridized carbons (Fsp3) is 0.167. The highest BCUT2D eigenvalue weighted by Gasteiger charge is 2.10. The molecule has 0 atom stereocenters. The van der Waals surface area contributed by atoms with Crippen LogP contribution in [0.25, 0.3) is 10.7 Å². The topological polar surface area (TPSA) is 35.0 Å². The molecule has 0 bridgehead atoms. The molecule has 0 radical (unpaired) electrons. The third-order valence-corrected chi connectivity index (χ3v) is 2.90. The molecule has 80 valence electrons. The highest BCUT2D eigenvalue weighted by Crippen LogP contribution is 2.30. The van der Waals surface area contributed by atoms with Crippen LogP contribution in [0.15, 0.2) is 24.4 Å². The zero-order valence-corrected chi connectivity index (χ0v) is 9.62. The Morgan fingerprint density at radius 2 is 2.38 bits per heavy atom. The average Bonchev–Trinajstić information content (AvgIpc) is 2.69. The molecule has 0 aliphatic heterocycles. The van der Waals surface area contributed by atoms with Crippen LogP contribution in [0.3, 0.4) is 0 Å². The second kappa shape index (κ2) is 4.77. The molecular formula is C12H10N2OS. The Kier molecular flexibility index (Phi) is 3.18. The highest BCUT2D eigenvalue weighted by molar-refractivity contribution is 7.15. The zero-order chi connectivity index (χ0) is 11.4. The number of nitrogens with zero attached hydrogens (tertiary/aromatic N) is 2. The molecule has 2 aromatic rings. The molecule has 2 heterocycles. The lowest BCUT2D eigenvalue weighted by atomic mass is 10.4. The molecule has 4 heteroatoms. The summed E-state index contributed by atoms with van der Waals surface area (Å²) < 4.78 is 5.32. The first-order valence-electron chi connectivity index (χ1n) is 4.76. The zero-order valence-electron chi connectivity index (χ0n) is 8.80. The number of terminal acetylenes is 1. The van der Waals surface area contributed by atoms with Crippen LogP contribution in [0, 0.1) is 19.3 Å². The van der Waals surface area contributed by atoms with E-state index in [0.29, 0.717) is 5.88 Å². The number of aryl methyl sites for hydroxylation is 1. The van der Waals surface area contributed by atoms with Gasteiger partial charge < -0.3 is 4.74 Å². The lowest BCUT2D eigenvalue weighted by Crippen LogP contribution is -1.94. The number of ether oxygens (including phenoxy) is 1. The fourth-order valence-corrected chi connectivity index (χ4v) is 2.06. The van der Waals surface area contributed by atoms with Crippen molar-refractivity contribution in [2.75, 3.05) is 6.61 Å². The predicted octanol–water partition coefficient (Wildman–Crippen LogP) is 2.53. The maximum atomic E-state index is 5.32. The maximum absolute atomic E-state index is 5.32. The van der Waals surface area contributed by atoms with Crippen LogP contribution >= 0.6 is 11.3 Å². The summed E-state index contributed by atoms with van der Waals surface area (Å²) in [5.74, 6) is 3.02. The van der Waals surface area contributed by atoms with Gasteiger partial charge in [-0.2, -0.15) is 4.98 Å². The van der Waals surface area contributed by atoms with Crippen LogP contribution < -0.4 is 4.74 Å². The van der Waals surface area contributed by atoms with Gasteiger partial charge >= 0.3 is 0 Å². The summed E-state index contributed by atoms with van der Waals surface area (Å²) in [6.45, 7) is 2.20. The number of pyridine rings is 1. The standard InChI is InChI=1S/C12H10N2OS/c1-3-8-15-11-9(2)16-12(14-11)10-6-4-5-7-13-10/h1,4-7H,8H2,2H3. The van der Waals surface area contributed by atoms with E-state index < -0.39 is 0 Å². The fourth-order valence-electron chi connectivity index (χ4n) is 1.23. The smallest absolute Gasteiger partial charge is 0.229 e. The van der Waals surface area contributed by atoms with E-state index in [1.807, 2.05) is 25.1 Å². The Morgan fingerprint density at radius 3 is 3.06 bits per heavy atom. The van der Waals surface area contributed by atoms with E-state index in [1.54, 1.807) is 17.5 Å². The second-order valence-corrected chi connectivity index (χ2v) is 4.29. The van der Waals surface area contributed by atoms with Crippen LogP contribution in [-0.4, -0.2) is 16.6 Å². The third kappa shape index (κ3) is 2.20. The molecule has 0 N–H and O–H groups in total. The first kappa shape index (κ1) is 10.7. The van der Waals surface area contributed by atoms with Gasteiger partial charge in [0.1, 0.15) is 5.01 Å². The van der Waals surface area contributed by atoms with Gasteiger partial charge in [0.15, 0.2) is 6.61 Å². The van der Waals surface area contributed by atoms with Crippen molar-refractivity contribution in [1.29, 1.82) is 0 Å². The second-order valence-electron chi connectivity index (χ2n) is 3.09. The molecule has 0 aliphatic carbocycles. The van der Waals surface area contributed by atoms with Crippen LogP contribution in [0.1, 0.15) is 4.88 Å². The van der Waals surface area contributed by atoms with Gasteiger partial charge in [-0.15, -0.1) is 17.8 Å². The van der Waals surface area contributed by atoms with Crippen molar-refractivity contribution in [2.24, 2.45) is 0 Å². The Hall–Kier alpha value is -1.86. The predicted molar refractivity (Wildman–Crippen MR) is 64.4 cm³/mol. The van der Waals surface area contributed by atoms with Gasteiger partial charge in [-0.25, -0.2) is 0 Å². The van der Waals surface area contributed by atoms with E-state index in [1.165, 1.54) is 0 Å².